The van der Waals surface area contributed by atoms with Crippen LogP contribution in [-0.4, -0.2) is 31.1 Å². The molecule has 0 unspecified atom stereocenters. The Kier molecular flexibility index (Phi) is 4.28. The number of piperidine rings is 1. The molecule has 1 aromatic carbocycles. The summed E-state index contributed by atoms with van der Waals surface area (Å²) in [5.74, 6) is 0.382. The Balaban J connectivity index is 2.26. The fourth-order valence-electron chi connectivity index (χ4n) is 2.27. The first-order valence-corrected chi connectivity index (χ1v) is 8.03. The van der Waals surface area contributed by atoms with Crippen LogP contribution < -0.4 is 0 Å². The van der Waals surface area contributed by atoms with Crippen LogP contribution in [0, 0.1) is 5.92 Å². The van der Waals surface area contributed by atoms with E-state index in [1.54, 1.807) is 0 Å². The third-order valence-corrected chi connectivity index (χ3v) is 5.44. The molecule has 0 aliphatic carbocycles. The van der Waals surface area contributed by atoms with Crippen molar-refractivity contribution in [1.29, 1.82) is 0 Å². The molecule has 0 spiro atoms. The highest BCUT2D eigenvalue weighted by Crippen LogP contribution is 2.23. The van der Waals surface area contributed by atoms with Crippen molar-refractivity contribution in [2.75, 3.05) is 13.1 Å². The Labute approximate surface area is 118 Å². The predicted octanol–water partition coefficient (Wildman–Crippen LogP) is 2.49. The molecule has 0 N–H and O–H groups in total. The molecule has 1 aliphatic heterocycles. The second-order valence-electron chi connectivity index (χ2n) is 4.91. The molecule has 0 bridgehead atoms. The number of rotatable bonds is 3. The van der Waals surface area contributed by atoms with Gasteiger partial charge in [-0.1, -0.05) is 6.92 Å². The molecule has 0 aromatic heterocycles. The lowest BCUT2D eigenvalue weighted by atomic mass is 10.0. The van der Waals surface area contributed by atoms with Gasteiger partial charge in [0.1, 0.15) is 0 Å². The summed E-state index contributed by atoms with van der Waals surface area (Å²) in [5, 5.41) is -0.587. The van der Waals surface area contributed by atoms with E-state index in [0.29, 0.717) is 24.6 Å². The van der Waals surface area contributed by atoms with Crippen molar-refractivity contribution in [2.24, 2.45) is 5.92 Å². The van der Waals surface area contributed by atoms with Gasteiger partial charge in [0.25, 0.3) is 5.24 Å². The van der Waals surface area contributed by atoms with Gasteiger partial charge < -0.3 is 0 Å². The molecule has 1 aliphatic rings. The zero-order valence-electron chi connectivity index (χ0n) is 10.7. The summed E-state index contributed by atoms with van der Waals surface area (Å²) in [6.45, 7) is 3.17. The Bertz CT molecular complexity index is 568. The summed E-state index contributed by atoms with van der Waals surface area (Å²) in [4.78, 5) is 11.2. The highest BCUT2D eigenvalue weighted by atomic mass is 35.5. The zero-order chi connectivity index (χ0) is 14.0. The third-order valence-electron chi connectivity index (χ3n) is 3.34. The van der Waals surface area contributed by atoms with E-state index in [4.69, 9.17) is 11.6 Å². The molecule has 1 saturated heterocycles. The molecule has 104 valence electrons. The van der Waals surface area contributed by atoms with E-state index >= 15 is 0 Å². The summed E-state index contributed by atoms with van der Waals surface area (Å²) in [6, 6.07) is 5.75. The van der Waals surface area contributed by atoms with Crippen molar-refractivity contribution >= 4 is 26.9 Å². The van der Waals surface area contributed by atoms with Crippen LogP contribution >= 0.6 is 11.6 Å². The van der Waals surface area contributed by atoms with E-state index in [1.165, 1.54) is 28.6 Å². The molecule has 1 fully saturated rings. The van der Waals surface area contributed by atoms with Crippen molar-refractivity contribution in [3.05, 3.63) is 29.8 Å². The minimum absolute atomic E-state index is 0.211. The molecule has 0 saturated carbocycles. The van der Waals surface area contributed by atoms with Gasteiger partial charge >= 0.3 is 0 Å². The Morgan fingerprint density at radius 2 is 1.95 bits per heavy atom. The van der Waals surface area contributed by atoms with Gasteiger partial charge in [0.15, 0.2) is 0 Å². The number of carbonyl (C=O) groups is 1. The summed E-state index contributed by atoms with van der Waals surface area (Å²) in [6.07, 6.45) is 1.95. The maximum atomic E-state index is 12.4. The Morgan fingerprint density at radius 1 is 1.32 bits per heavy atom. The summed E-state index contributed by atoms with van der Waals surface area (Å²) >= 11 is 5.34. The number of halogens is 1. The highest BCUT2D eigenvalue weighted by molar-refractivity contribution is 7.89. The third kappa shape index (κ3) is 3.16. The van der Waals surface area contributed by atoms with Gasteiger partial charge in [0, 0.05) is 18.7 Å². The van der Waals surface area contributed by atoms with E-state index in [9.17, 15) is 13.2 Å². The van der Waals surface area contributed by atoms with E-state index < -0.39 is 15.3 Å². The SMILES string of the molecule is C[C@H]1CCCN(S(=O)(=O)c2ccc(C(=O)Cl)cc2)C1. The van der Waals surface area contributed by atoms with Crippen LogP contribution in [0.1, 0.15) is 30.1 Å². The van der Waals surface area contributed by atoms with E-state index in [0.717, 1.165) is 12.8 Å². The first-order valence-electron chi connectivity index (χ1n) is 6.21. The number of sulfonamides is 1. The topological polar surface area (TPSA) is 54.5 Å². The number of nitrogens with zero attached hydrogens (tertiary/aromatic N) is 1. The van der Waals surface area contributed by atoms with Gasteiger partial charge in [-0.15, -0.1) is 0 Å². The van der Waals surface area contributed by atoms with Gasteiger partial charge in [-0.2, -0.15) is 4.31 Å². The lowest BCUT2D eigenvalue weighted by molar-refractivity contribution is 0.108. The van der Waals surface area contributed by atoms with Gasteiger partial charge in [0.2, 0.25) is 10.0 Å². The molecule has 1 aromatic rings. The van der Waals surface area contributed by atoms with Gasteiger partial charge in [0.05, 0.1) is 4.90 Å². The maximum Gasteiger partial charge on any atom is 0.252 e. The van der Waals surface area contributed by atoms with E-state index in [2.05, 4.69) is 6.92 Å². The minimum atomic E-state index is -3.46. The van der Waals surface area contributed by atoms with Crippen molar-refractivity contribution in [3.63, 3.8) is 0 Å². The van der Waals surface area contributed by atoms with Crippen molar-refractivity contribution in [1.82, 2.24) is 4.31 Å². The average Bonchev–Trinajstić information content (AvgIpc) is 2.39. The molecule has 4 nitrogen and oxygen atoms in total. The van der Waals surface area contributed by atoms with Crippen LogP contribution in [0.4, 0.5) is 0 Å². The molecule has 1 heterocycles. The first kappa shape index (κ1) is 14.5. The summed E-state index contributed by atoms with van der Waals surface area (Å²) < 4.78 is 26.4. The highest BCUT2D eigenvalue weighted by Gasteiger charge is 2.28. The zero-order valence-corrected chi connectivity index (χ0v) is 12.2. The molecule has 19 heavy (non-hydrogen) atoms. The number of benzene rings is 1. The fourth-order valence-corrected chi connectivity index (χ4v) is 4.00. The lowest BCUT2D eigenvalue weighted by Gasteiger charge is -2.30. The standard InChI is InChI=1S/C13H16ClNO3S/c1-10-3-2-8-15(9-10)19(17,18)12-6-4-11(5-7-12)13(14)16/h4-7,10H,2-3,8-9H2,1H3/t10-/m0/s1. The average molecular weight is 302 g/mol. The number of hydrogen-bond donors (Lipinski definition) is 0. The van der Waals surface area contributed by atoms with E-state index in [-0.39, 0.29) is 4.90 Å². The monoisotopic (exact) mass is 301 g/mol. The molecule has 0 radical (unpaired) electrons. The maximum absolute atomic E-state index is 12.4. The van der Waals surface area contributed by atoms with Gasteiger partial charge in [-0.3, -0.25) is 4.79 Å². The number of hydrogen-bond acceptors (Lipinski definition) is 3. The largest absolute Gasteiger partial charge is 0.276 e. The normalized spacial score (nSPS) is 21.3. The number of carbonyl (C=O) groups excluding carboxylic acids is 1. The summed E-state index contributed by atoms with van der Waals surface area (Å²) in [5.41, 5.74) is 0.299. The smallest absolute Gasteiger partial charge is 0.252 e. The first-order chi connectivity index (χ1) is 8.91. The second-order valence-corrected chi connectivity index (χ2v) is 7.19. The molecule has 2 rings (SSSR count). The summed E-state index contributed by atoms with van der Waals surface area (Å²) in [7, 11) is -3.46. The quantitative estimate of drug-likeness (QED) is 0.806. The van der Waals surface area contributed by atoms with Crippen molar-refractivity contribution < 1.29 is 13.2 Å². The van der Waals surface area contributed by atoms with Gasteiger partial charge in [-0.25, -0.2) is 8.42 Å². The second kappa shape index (κ2) is 5.61. The van der Waals surface area contributed by atoms with E-state index in [1.807, 2.05) is 0 Å². The van der Waals surface area contributed by atoms with Crippen LogP contribution in [0.5, 0.6) is 0 Å². The lowest BCUT2D eigenvalue weighted by Crippen LogP contribution is -2.39. The minimum Gasteiger partial charge on any atom is -0.276 e. The fraction of sp³-hybridized carbons (Fsp3) is 0.462. The molecule has 0 amide bonds. The van der Waals surface area contributed by atoms with Crippen LogP contribution in [0.2, 0.25) is 0 Å². The van der Waals surface area contributed by atoms with Gasteiger partial charge in [-0.05, 0) is 54.6 Å². The predicted molar refractivity (Wildman–Crippen MR) is 73.8 cm³/mol. The molecular weight excluding hydrogens is 286 g/mol. The van der Waals surface area contributed by atoms with Crippen LogP contribution in [0.15, 0.2) is 29.2 Å². The van der Waals surface area contributed by atoms with Crippen LogP contribution in [0.25, 0.3) is 0 Å². The molecular formula is C13H16ClNO3S. The Hall–Kier alpha value is -0.910. The van der Waals surface area contributed by atoms with Crippen molar-refractivity contribution in [2.45, 2.75) is 24.7 Å². The van der Waals surface area contributed by atoms with Crippen molar-refractivity contribution in [3.8, 4) is 0 Å². The Morgan fingerprint density at radius 3 is 2.47 bits per heavy atom. The molecule has 1 atom stereocenters. The van der Waals surface area contributed by atoms with Crippen LogP contribution in [0.3, 0.4) is 0 Å². The molecule has 6 heteroatoms. The van der Waals surface area contributed by atoms with Crippen LogP contribution in [-0.2, 0) is 10.0 Å².